The summed E-state index contributed by atoms with van der Waals surface area (Å²) in [6.45, 7) is 1.65. The summed E-state index contributed by atoms with van der Waals surface area (Å²) in [6.07, 6.45) is 3.96. The van der Waals surface area contributed by atoms with Gasteiger partial charge in [-0.15, -0.1) is 0 Å². The van der Waals surface area contributed by atoms with Crippen LogP contribution in [0.1, 0.15) is 27.9 Å². The molecule has 23 heavy (non-hydrogen) atoms. The first-order valence-electron chi connectivity index (χ1n) is 7.53. The monoisotopic (exact) mass is 313 g/mol. The van der Waals surface area contributed by atoms with E-state index in [1.54, 1.807) is 11.5 Å². The predicted molar refractivity (Wildman–Crippen MR) is 85.9 cm³/mol. The van der Waals surface area contributed by atoms with Crippen LogP contribution in [0, 0.1) is 0 Å². The number of carbonyl (C=O) groups excluding carboxylic acids is 1. The summed E-state index contributed by atoms with van der Waals surface area (Å²) in [5.41, 5.74) is 4.22. The Balaban J connectivity index is 1.85. The van der Waals surface area contributed by atoms with Gasteiger partial charge in [-0.25, -0.2) is 10.5 Å². The van der Waals surface area contributed by atoms with Crippen molar-refractivity contribution in [2.45, 2.75) is 19.4 Å². The molecule has 6 heteroatoms. The lowest BCUT2D eigenvalue weighted by Gasteiger charge is -2.30. The minimum absolute atomic E-state index is 0.302. The van der Waals surface area contributed by atoms with Gasteiger partial charge in [0.2, 0.25) is 0 Å². The van der Waals surface area contributed by atoms with E-state index >= 15 is 0 Å². The maximum Gasteiger partial charge on any atom is 0.278 e. The third kappa shape index (κ3) is 3.12. The molecule has 2 N–H and O–H groups in total. The number of aromatic nitrogens is 1. The van der Waals surface area contributed by atoms with Gasteiger partial charge in [0.15, 0.2) is 0 Å². The van der Waals surface area contributed by atoms with Gasteiger partial charge in [-0.3, -0.25) is 10.0 Å². The molecule has 2 aromatic rings. The summed E-state index contributed by atoms with van der Waals surface area (Å²) >= 11 is 0. The van der Waals surface area contributed by atoms with Gasteiger partial charge >= 0.3 is 0 Å². The summed E-state index contributed by atoms with van der Waals surface area (Å²) in [5, 5.41) is 8.78. The number of fused-ring (bicyclic) bond motifs is 1. The third-order valence-electron chi connectivity index (χ3n) is 4.03. The number of methoxy groups -OCH3 is 1. The topological polar surface area (TPSA) is 74.7 Å². The van der Waals surface area contributed by atoms with Crippen molar-refractivity contribution in [3.05, 3.63) is 53.2 Å². The second-order valence-corrected chi connectivity index (χ2v) is 5.49. The van der Waals surface area contributed by atoms with Crippen LogP contribution in [0.2, 0.25) is 0 Å². The molecule has 1 aliphatic rings. The molecule has 0 fully saturated rings. The van der Waals surface area contributed by atoms with Crippen molar-refractivity contribution in [3.8, 4) is 5.75 Å². The number of hydrogen-bond acceptors (Lipinski definition) is 5. The number of nitrogens with one attached hydrogen (secondary N) is 1. The van der Waals surface area contributed by atoms with Gasteiger partial charge in [-0.05, 0) is 42.2 Å². The van der Waals surface area contributed by atoms with E-state index in [-0.39, 0.29) is 0 Å². The number of ether oxygens (including phenoxy) is 1. The molecule has 0 saturated carbocycles. The number of amides is 1. The second kappa shape index (κ2) is 6.66. The van der Waals surface area contributed by atoms with E-state index < -0.39 is 5.91 Å². The first-order valence-corrected chi connectivity index (χ1v) is 7.53. The normalized spacial score (nSPS) is 13.4. The van der Waals surface area contributed by atoms with Crippen LogP contribution in [-0.2, 0) is 13.0 Å². The molecule has 0 bridgehead atoms. The minimum atomic E-state index is -0.585. The van der Waals surface area contributed by atoms with Gasteiger partial charge in [0.25, 0.3) is 5.91 Å². The maximum absolute atomic E-state index is 11.6. The molecule has 2 heterocycles. The van der Waals surface area contributed by atoms with Crippen molar-refractivity contribution < 1.29 is 14.7 Å². The number of anilines is 1. The quantitative estimate of drug-likeness (QED) is 0.668. The van der Waals surface area contributed by atoms with E-state index in [0.717, 1.165) is 30.8 Å². The molecular weight excluding hydrogens is 294 g/mol. The lowest BCUT2D eigenvalue weighted by molar-refractivity contribution is 0.0703. The average Bonchev–Trinajstić information content (AvgIpc) is 2.61. The summed E-state index contributed by atoms with van der Waals surface area (Å²) in [7, 11) is 1.50. The van der Waals surface area contributed by atoms with E-state index in [9.17, 15) is 4.79 Å². The minimum Gasteiger partial charge on any atom is -0.496 e. The Morgan fingerprint density at radius 2 is 2.30 bits per heavy atom. The Morgan fingerprint density at radius 1 is 1.43 bits per heavy atom. The van der Waals surface area contributed by atoms with Gasteiger partial charge in [0, 0.05) is 19.3 Å². The van der Waals surface area contributed by atoms with Crippen molar-refractivity contribution in [2.75, 3.05) is 18.6 Å². The lowest BCUT2D eigenvalue weighted by Crippen LogP contribution is -2.29. The van der Waals surface area contributed by atoms with Crippen LogP contribution in [0.3, 0.4) is 0 Å². The molecule has 3 rings (SSSR count). The number of hydroxylamine groups is 1. The standard InChI is InChI=1S/C17H19N3O3/c1-23-15-10-12(6-7-14(15)17(21)19-22)11-20-9-3-5-13-4-2-8-18-16(13)20/h2,4,6-8,10,22H,3,5,9,11H2,1H3,(H,19,21). The van der Waals surface area contributed by atoms with Gasteiger partial charge < -0.3 is 9.64 Å². The van der Waals surface area contributed by atoms with E-state index in [0.29, 0.717) is 17.9 Å². The van der Waals surface area contributed by atoms with Crippen molar-refractivity contribution in [1.82, 2.24) is 10.5 Å². The van der Waals surface area contributed by atoms with Crippen LogP contribution >= 0.6 is 0 Å². The smallest absolute Gasteiger partial charge is 0.278 e. The van der Waals surface area contributed by atoms with Crippen molar-refractivity contribution in [3.63, 3.8) is 0 Å². The Kier molecular flexibility index (Phi) is 4.43. The molecule has 0 saturated heterocycles. The van der Waals surface area contributed by atoms with Crippen molar-refractivity contribution in [1.29, 1.82) is 0 Å². The Bertz CT molecular complexity index is 718. The first kappa shape index (κ1) is 15.3. The number of nitrogens with zero attached hydrogens (tertiary/aromatic N) is 2. The summed E-state index contributed by atoms with van der Waals surface area (Å²) < 4.78 is 5.26. The first-order chi connectivity index (χ1) is 11.2. The zero-order valence-corrected chi connectivity index (χ0v) is 13.0. The lowest BCUT2D eigenvalue weighted by atomic mass is 10.0. The summed E-state index contributed by atoms with van der Waals surface area (Å²) in [5.74, 6) is 0.876. The van der Waals surface area contributed by atoms with Crippen LogP contribution in [0.5, 0.6) is 5.75 Å². The SMILES string of the molecule is COc1cc(CN2CCCc3cccnc32)ccc1C(=O)NO. The molecule has 1 aliphatic heterocycles. The van der Waals surface area contributed by atoms with Crippen molar-refractivity contribution in [2.24, 2.45) is 0 Å². The molecule has 120 valence electrons. The van der Waals surface area contributed by atoms with Gasteiger partial charge in [-0.1, -0.05) is 12.1 Å². The zero-order valence-electron chi connectivity index (χ0n) is 13.0. The summed E-state index contributed by atoms with van der Waals surface area (Å²) in [4.78, 5) is 18.3. The predicted octanol–water partition coefficient (Wildman–Crippen LogP) is 2.16. The second-order valence-electron chi connectivity index (χ2n) is 5.49. The Morgan fingerprint density at radius 3 is 3.09 bits per heavy atom. The Labute approximate surface area is 134 Å². The zero-order chi connectivity index (χ0) is 16.2. The molecule has 0 radical (unpaired) electrons. The maximum atomic E-state index is 11.6. The third-order valence-corrected chi connectivity index (χ3v) is 4.03. The highest BCUT2D eigenvalue weighted by Gasteiger charge is 2.19. The number of benzene rings is 1. The number of carbonyl (C=O) groups is 1. The van der Waals surface area contributed by atoms with Gasteiger partial charge in [-0.2, -0.15) is 0 Å². The van der Waals surface area contributed by atoms with E-state index in [1.165, 1.54) is 12.7 Å². The molecule has 0 atom stereocenters. The van der Waals surface area contributed by atoms with Gasteiger partial charge in [0.1, 0.15) is 11.6 Å². The van der Waals surface area contributed by atoms with E-state index in [2.05, 4.69) is 16.0 Å². The fourth-order valence-electron chi connectivity index (χ4n) is 2.93. The number of aryl methyl sites for hydroxylation is 1. The van der Waals surface area contributed by atoms with Gasteiger partial charge in [0.05, 0.1) is 12.7 Å². The van der Waals surface area contributed by atoms with Crippen LogP contribution in [0.4, 0.5) is 5.82 Å². The highest BCUT2D eigenvalue weighted by atomic mass is 16.5. The van der Waals surface area contributed by atoms with E-state index in [4.69, 9.17) is 9.94 Å². The fraction of sp³-hybridized carbons (Fsp3) is 0.294. The number of hydrogen-bond donors (Lipinski definition) is 2. The average molecular weight is 313 g/mol. The molecule has 1 amide bonds. The highest BCUT2D eigenvalue weighted by Crippen LogP contribution is 2.27. The Hall–Kier alpha value is -2.60. The van der Waals surface area contributed by atoms with E-state index in [1.807, 2.05) is 24.4 Å². The van der Waals surface area contributed by atoms with Crippen LogP contribution < -0.4 is 15.1 Å². The summed E-state index contributed by atoms with van der Waals surface area (Å²) in [6, 6.07) is 9.42. The van der Waals surface area contributed by atoms with Crippen molar-refractivity contribution >= 4 is 11.7 Å². The largest absolute Gasteiger partial charge is 0.496 e. The molecular formula is C17H19N3O3. The molecule has 6 nitrogen and oxygen atoms in total. The number of pyridine rings is 1. The highest BCUT2D eigenvalue weighted by molar-refractivity contribution is 5.96. The van der Waals surface area contributed by atoms with Crippen LogP contribution in [-0.4, -0.2) is 29.8 Å². The molecule has 1 aromatic heterocycles. The number of rotatable bonds is 4. The van der Waals surface area contributed by atoms with Crippen LogP contribution in [0.25, 0.3) is 0 Å². The molecule has 0 aliphatic carbocycles. The molecule has 1 aromatic carbocycles. The molecule has 0 spiro atoms. The van der Waals surface area contributed by atoms with Crippen LogP contribution in [0.15, 0.2) is 36.5 Å². The molecule has 0 unspecified atom stereocenters. The fourth-order valence-corrected chi connectivity index (χ4v) is 2.93.